The summed E-state index contributed by atoms with van der Waals surface area (Å²) in [6, 6.07) is 5.47. The summed E-state index contributed by atoms with van der Waals surface area (Å²) in [7, 11) is 0. The number of allylic oxidation sites excluding steroid dienone is 3. The quantitative estimate of drug-likeness (QED) is 0.481. The molecule has 2 aromatic rings. The Morgan fingerprint density at radius 1 is 1.34 bits per heavy atom. The van der Waals surface area contributed by atoms with Crippen LogP contribution >= 0.6 is 11.6 Å². The topological polar surface area (TPSA) is 81.4 Å². The third-order valence-electron chi connectivity index (χ3n) is 5.61. The van der Waals surface area contributed by atoms with Crippen molar-refractivity contribution in [2.75, 3.05) is 13.3 Å². The number of fused-ring (bicyclic) bond motifs is 1. The van der Waals surface area contributed by atoms with Gasteiger partial charge in [-0.15, -0.1) is 0 Å². The summed E-state index contributed by atoms with van der Waals surface area (Å²) in [6.45, 7) is 3.78. The van der Waals surface area contributed by atoms with Gasteiger partial charge in [0.05, 0.1) is 40.8 Å². The zero-order chi connectivity index (χ0) is 22.8. The molecule has 6 nitrogen and oxygen atoms in total. The molecule has 8 heteroatoms. The average Bonchev–Trinajstić information content (AvgIpc) is 3.55. The highest BCUT2D eigenvalue weighted by molar-refractivity contribution is 6.34. The number of aliphatic carboxylic acids is 1. The third-order valence-corrected chi connectivity index (χ3v) is 5.92. The summed E-state index contributed by atoms with van der Waals surface area (Å²) in [6.07, 6.45) is 6.28. The highest BCUT2D eigenvalue weighted by atomic mass is 35.5. The molecule has 0 bridgehead atoms. The van der Waals surface area contributed by atoms with Gasteiger partial charge < -0.3 is 9.84 Å². The molecule has 0 spiro atoms. The first-order valence-corrected chi connectivity index (χ1v) is 10.7. The first-order valence-electron chi connectivity index (χ1n) is 10.3. The molecule has 2 aliphatic rings. The standard InChI is InChI=1S/C24H22ClFN2O4/c1-14(5-6-16(9-11-26)24(30)31)22-18-10-12-32-13-20(18)28(27-22)23(29)21-17(15-7-8-15)3-2-4-19(21)25/h2-6,9,15H,1,7-8,10-13H2,(H,30,31)/b6-5-,16-9+. The van der Waals surface area contributed by atoms with E-state index in [0.717, 1.165) is 30.0 Å². The Kier molecular flexibility index (Phi) is 6.39. The highest BCUT2D eigenvalue weighted by Gasteiger charge is 2.32. The summed E-state index contributed by atoms with van der Waals surface area (Å²) < 4.78 is 19.5. The predicted molar refractivity (Wildman–Crippen MR) is 119 cm³/mol. The van der Waals surface area contributed by atoms with Gasteiger partial charge in [-0.1, -0.05) is 36.4 Å². The number of nitrogens with zero attached hydrogens (tertiary/aromatic N) is 2. The first kappa shape index (κ1) is 22.2. The Bertz CT molecular complexity index is 1160. The monoisotopic (exact) mass is 456 g/mol. The van der Waals surface area contributed by atoms with Crippen LogP contribution in [0.2, 0.25) is 5.02 Å². The van der Waals surface area contributed by atoms with Crippen molar-refractivity contribution in [3.8, 4) is 0 Å². The van der Waals surface area contributed by atoms with Crippen molar-refractivity contribution in [1.29, 1.82) is 0 Å². The van der Waals surface area contributed by atoms with Crippen LogP contribution in [0.4, 0.5) is 4.39 Å². The van der Waals surface area contributed by atoms with E-state index in [9.17, 15) is 19.1 Å². The predicted octanol–water partition coefficient (Wildman–Crippen LogP) is 4.73. The number of ether oxygens (including phenoxy) is 1. The minimum Gasteiger partial charge on any atom is -0.478 e. The molecule has 1 N–H and O–H groups in total. The number of hydrogen-bond donors (Lipinski definition) is 1. The lowest BCUT2D eigenvalue weighted by Gasteiger charge is -2.16. The number of carbonyl (C=O) groups excluding carboxylic acids is 1. The summed E-state index contributed by atoms with van der Waals surface area (Å²) >= 11 is 6.43. The van der Waals surface area contributed by atoms with Gasteiger partial charge >= 0.3 is 5.97 Å². The lowest BCUT2D eigenvalue weighted by molar-refractivity contribution is -0.132. The molecule has 0 radical (unpaired) electrons. The number of alkyl halides is 1. The van der Waals surface area contributed by atoms with Crippen LogP contribution in [0.3, 0.4) is 0 Å². The number of aromatic nitrogens is 2. The van der Waals surface area contributed by atoms with Crippen LogP contribution in [-0.2, 0) is 22.6 Å². The molecule has 1 aromatic carbocycles. The average molecular weight is 457 g/mol. The Morgan fingerprint density at radius 3 is 2.81 bits per heavy atom. The highest BCUT2D eigenvalue weighted by Crippen LogP contribution is 2.43. The van der Waals surface area contributed by atoms with Crippen LogP contribution in [0.1, 0.15) is 51.6 Å². The third kappa shape index (κ3) is 4.31. The number of benzene rings is 1. The van der Waals surface area contributed by atoms with E-state index >= 15 is 0 Å². The van der Waals surface area contributed by atoms with Gasteiger partial charge in [0.2, 0.25) is 0 Å². The smallest absolute Gasteiger partial charge is 0.335 e. The number of halogens is 2. The second kappa shape index (κ2) is 9.22. The van der Waals surface area contributed by atoms with Crippen molar-refractivity contribution in [3.05, 3.63) is 81.7 Å². The van der Waals surface area contributed by atoms with Crippen molar-refractivity contribution in [2.45, 2.75) is 31.8 Å². The van der Waals surface area contributed by atoms with Gasteiger partial charge in [-0.2, -0.15) is 9.78 Å². The molecule has 1 aromatic heterocycles. The van der Waals surface area contributed by atoms with Crippen LogP contribution in [0.25, 0.3) is 5.57 Å². The lowest BCUT2D eigenvalue weighted by Crippen LogP contribution is -2.21. The maximum atomic E-state index is 13.6. The molecule has 2 heterocycles. The second-order valence-electron chi connectivity index (χ2n) is 7.75. The fraction of sp³-hybridized carbons (Fsp3) is 0.292. The molecule has 0 atom stereocenters. The number of carboxylic acid groups (broad SMARTS) is 1. The number of rotatable bonds is 7. The van der Waals surface area contributed by atoms with Gasteiger partial charge in [-0.25, -0.2) is 9.18 Å². The van der Waals surface area contributed by atoms with E-state index in [1.807, 2.05) is 12.1 Å². The summed E-state index contributed by atoms with van der Waals surface area (Å²) in [5.74, 6) is -1.25. The Labute approximate surface area is 189 Å². The zero-order valence-corrected chi connectivity index (χ0v) is 18.1. The van der Waals surface area contributed by atoms with Crippen LogP contribution in [-0.4, -0.2) is 40.0 Å². The molecule has 0 saturated heterocycles. The molecule has 1 saturated carbocycles. The number of carboxylic acids is 1. The van der Waals surface area contributed by atoms with E-state index in [0.29, 0.717) is 46.5 Å². The molecule has 0 amide bonds. The van der Waals surface area contributed by atoms with Gasteiger partial charge in [0.25, 0.3) is 5.91 Å². The largest absolute Gasteiger partial charge is 0.478 e. The van der Waals surface area contributed by atoms with Crippen molar-refractivity contribution < 1.29 is 23.8 Å². The Hall–Kier alpha value is -3.03. The SMILES string of the molecule is C=C(/C=C\C(=C/CF)C(=O)O)c1nn(C(=O)c2c(Cl)cccc2C2CC2)c2c1CCOC2. The Balaban J connectivity index is 1.74. The van der Waals surface area contributed by atoms with Gasteiger partial charge in [0, 0.05) is 5.56 Å². The van der Waals surface area contributed by atoms with Crippen molar-refractivity contribution in [3.63, 3.8) is 0 Å². The molecule has 1 aliphatic carbocycles. The van der Waals surface area contributed by atoms with E-state index < -0.39 is 12.6 Å². The van der Waals surface area contributed by atoms with E-state index in [-0.39, 0.29) is 18.1 Å². The normalized spacial score (nSPS) is 16.2. The zero-order valence-electron chi connectivity index (χ0n) is 17.3. The van der Waals surface area contributed by atoms with Crippen LogP contribution < -0.4 is 0 Å². The fourth-order valence-electron chi connectivity index (χ4n) is 3.85. The minimum absolute atomic E-state index is 0.188. The van der Waals surface area contributed by atoms with Crippen molar-refractivity contribution in [2.24, 2.45) is 0 Å². The van der Waals surface area contributed by atoms with Gasteiger partial charge in [-0.05, 0) is 54.5 Å². The van der Waals surface area contributed by atoms with Gasteiger partial charge in [0.1, 0.15) is 6.67 Å². The molecule has 166 valence electrons. The molecular formula is C24H22ClFN2O4. The minimum atomic E-state index is -1.24. The van der Waals surface area contributed by atoms with E-state index in [1.165, 1.54) is 16.8 Å². The fourth-order valence-corrected chi connectivity index (χ4v) is 4.11. The maximum Gasteiger partial charge on any atom is 0.335 e. The molecule has 1 fully saturated rings. The lowest BCUT2D eigenvalue weighted by atomic mass is 10.0. The van der Waals surface area contributed by atoms with Crippen LogP contribution in [0.5, 0.6) is 0 Å². The molecule has 4 rings (SSSR count). The van der Waals surface area contributed by atoms with Gasteiger partial charge in [-0.3, -0.25) is 4.79 Å². The van der Waals surface area contributed by atoms with E-state index in [1.54, 1.807) is 6.07 Å². The number of hydrogen-bond acceptors (Lipinski definition) is 4. The van der Waals surface area contributed by atoms with Crippen LogP contribution in [0, 0.1) is 0 Å². The second-order valence-corrected chi connectivity index (χ2v) is 8.16. The summed E-state index contributed by atoms with van der Waals surface area (Å²) in [5.41, 5.74) is 3.54. The number of carbonyl (C=O) groups is 2. The maximum absolute atomic E-state index is 13.6. The summed E-state index contributed by atoms with van der Waals surface area (Å²) in [4.78, 5) is 24.8. The molecule has 0 unspecified atom stereocenters. The molecule has 32 heavy (non-hydrogen) atoms. The Morgan fingerprint density at radius 2 is 2.12 bits per heavy atom. The van der Waals surface area contributed by atoms with Gasteiger partial charge in [0.15, 0.2) is 0 Å². The molecule has 1 aliphatic heterocycles. The van der Waals surface area contributed by atoms with Crippen molar-refractivity contribution in [1.82, 2.24) is 9.78 Å². The van der Waals surface area contributed by atoms with E-state index in [4.69, 9.17) is 16.3 Å². The van der Waals surface area contributed by atoms with E-state index in [2.05, 4.69) is 11.7 Å². The van der Waals surface area contributed by atoms with Crippen molar-refractivity contribution >= 4 is 29.1 Å². The summed E-state index contributed by atoms with van der Waals surface area (Å²) in [5, 5.41) is 14.1. The van der Waals surface area contributed by atoms with Crippen LogP contribution in [0.15, 0.2) is 48.6 Å². The first-order chi connectivity index (χ1) is 15.4. The molecular weight excluding hydrogens is 435 g/mol.